The van der Waals surface area contributed by atoms with Crippen LogP contribution in [0.5, 0.6) is 0 Å². The van der Waals surface area contributed by atoms with Crippen molar-refractivity contribution in [2.75, 3.05) is 13.2 Å². The van der Waals surface area contributed by atoms with Crippen LogP contribution in [0.4, 0.5) is 0 Å². The monoisotopic (exact) mass is 186 g/mol. The molecule has 0 aliphatic carbocycles. The van der Waals surface area contributed by atoms with Gasteiger partial charge in [-0.25, -0.2) is 0 Å². The SMILES string of the molecule is CC[C@H](C)C1COC(C)(CC)OC1. The molecule has 0 amide bonds. The van der Waals surface area contributed by atoms with E-state index in [-0.39, 0.29) is 5.79 Å². The van der Waals surface area contributed by atoms with Crippen molar-refractivity contribution in [3.05, 3.63) is 0 Å². The van der Waals surface area contributed by atoms with Gasteiger partial charge in [-0.3, -0.25) is 0 Å². The van der Waals surface area contributed by atoms with Crippen LogP contribution >= 0.6 is 0 Å². The lowest BCUT2D eigenvalue weighted by Crippen LogP contribution is -2.43. The van der Waals surface area contributed by atoms with E-state index in [2.05, 4.69) is 20.8 Å². The van der Waals surface area contributed by atoms with Crippen LogP contribution in [-0.2, 0) is 9.47 Å². The summed E-state index contributed by atoms with van der Waals surface area (Å²) < 4.78 is 11.5. The van der Waals surface area contributed by atoms with E-state index < -0.39 is 0 Å². The van der Waals surface area contributed by atoms with Crippen molar-refractivity contribution in [3.63, 3.8) is 0 Å². The molecule has 1 rings (SSSR count). The van der Waals surface area contributed by atoms with Crippen LogP contribution in [0.25, 0.3) is 0 Å². The lowest BCUT2D eigenvalue weighted by Gasteiger charge is -2.38. The molecule has 0 saturated carbocycles. The Morgan fingerprint density at radius 3 is 2.23 bits per heavy atom. The summed E-state index contributed by atoms with van der Waals surface area (Å²) in [6, 6.07) is 0. The maximum atomic E-state index is 5.73. The van der Waals surface area contributed by atoms with Crippen LogP contribution in [-0.4, -0.2) is 19.0 Å². The second kappa shape index (κ2) is 4.43. The van der Waals surface area contributed by atoms with Gasteiger partial charge in [-0.1, -0.05) is 27.2 Å². The highest BCUT2D eigenvalue weighted by Gasteiger charge is 2.32. The molecule has 0 radical (unpaired) electrons. The van der Waals surface area contributed by atoms with Crippen molar-refractivity contribution in [2.45, 2.75) is 46.3 Å². The van der Waals surface area contributed by atoms with Crippen molar-refractivity contribution >= 4 is 0 Å². The highest BCUT2D eigenvalue weighted by Crippen LogP contribution is 2.28. The lowest BCUT2D eigenvalue weighted by atomic mass is 9.92. The molecular weight excluding hydrogens is 164 g/mol. The quantitative estimate of drug-likeness (QED) is 0.674. The number of hydrogen-bond acceptors (Lipinski definition) is 2. The molecule has 1 aliphatic heterocycles. The predicted octanol–water partition coefficient (Wildman–Crippen LogP) is 2.82. The highest BCUT2D eigenvalue weighted by atomic mass is 16.7. The molecule has 0 spiro atoms. The first-order valence-corrected chi connectivity index (χ1v) is 5.39. The molecule has 2 nitrogen and oxygen atoms in total. The smallest absolute Gasteiger partial charge is 0.165 e. The molecular formula is C11H22O2. The highest BCUT2D eigenvalue weighted by molar-refractivity contribution is 4.73. The zero-order chi connectivity index (χ0) is 9.90. The zero-order valence-electron chi connectivity index (χ0n) is 9.30. The van der Waals surface area contributed by atoms with Gasteiger partial charge in [-0.2, -0.15) is 0 Å². The van der Waals surface area contributed by atoms with Gasteiger partial charge in [0.15, 0.2) is 5.79 Å². The molecule has 1 aliphatic rings. The molecule has 0 N–H and O–H groups in total. The number of rotatable bonds is 3. The third-order valence-electron chi connectivity index (χ3n) is 3.30. The van der Waals surface area contributed by atoms with E-state index in [9.17, 15) is 0 Å². The largest absolute Gasteiger partial charge is 0.350 e. The summed E-state index contributed by atoms with van der Waals surface area (Å²) in [7, 11) is 0. The summed E-state index contributed by atoms with van der Waals surface area (Å²) in [4.78, 5) is 0. The maximum Gasteiger partial charge on any atom is 0.165 e. The van der Waals surface area contributed by atoms with E-state index in [0.717, 1.165) is 19.6 Å². The second-order valence-electron chi connectivity index (χ2n) is 4.25. The minimum atomic E-state index is -0.316. The summed E-state index contributed by atoms with van der Waals surface area (Å²) in [6.45, 7) is 10.3. The standard InChI is InChI=1S/C11H22O2/c1-5-9(3)10-7-12-11(4,6-2)13-8-10/h9-10H,5-8H2,1-4H3/t9-,10?,11?/m0/s1. The molecule has 13 heavy (non-hydrogen) atoms. The molecule has 1 saturated heterocycles. The summed E-state index contributed by atoms with van der Waals surface area (Å²) in [5.41, 5.74) is 0. The summed E-state index contributed by atoms with van der Waals surface area (Å²) in [6.07, 6.45) is 2.14. The van der Waals surface area contributed by atoms with Crippen LogP contribution < -0.4 is 0 Å². The van der Waals surface area contributed by atoms with E-state index in [1.54, 1.807) is 0 Å². The Labute approximate surface area is 81.6 Å². The normalized spacial score (nSPS) is 37.4. The molecule has 0 bridgehead atoms. The predicted molar refractivity (Wildman–Crippen MR) is 53.5 cm³/mol. The van der Waals surface area contributed by atoms with E-state index in [4.69, 9.17) is 9.47 Å². The second-order valence-corrected chi connectivity index (χ2v) is 4.25. The molecule has 1 atom stereocenters. The van der Waals surface area contributed by atoms with Crippen LogP contribution in [0.1, 0.15) is 40.5 Å². The average Bonchev–Trinajstić information content (AvgIpc) is 2.18. The number of hydrogen-bond donors (Lipinski definition) is 0. The third kappa shape index (κ3) is 2.68. The van der Waals surface area contributed by atoms with Gasteiger partial charge in [-0.15, -0.1) is 0 Å². The summed E-state index contributed by atoms with van der Waals surface area (Å²) in [5, 5.41) is 0. The Bertz CT molecular complexity index is 148. The Morgan fingerprint density at radius 1 is 1.31 bits per heavy atom. The van der Waals surface area contributed by atoms with Crippen LogP contribution in [0.15, 0.2) is 0 Å². The van der Waals surface area contributed by atoms with Crippen molar-refractivity contribution in [1.29, 1.82) is 0 Å². The van der Waals surface area contributed by atoms with Crippen LogP contribution in [0, 0.1) is 11.8 Å². The van der Waals surface area contributed by atoms with Crippen LogP contribution in [0.3, 0.4) is 0 Å². The number of ether oxygens (including phenoxy) is 2. The van der Waals surface area contributed by atoms with Gasteiger partial charge in [0.25, 0.3) is 0 Å². The van der Waals surface area contributed by atoms with E-state index in [1.807, 2.05) is 6.92 Å². The fourth-order valence-electron chi connectivity index (χ4n) is 1.52. The van der Waals surface area contributed by atoms with Crippen molar-refractivity contribution in [2.24, 2.45) is 11.8 Å². The van der Waals surface area contributed by atoms with Gasteiger partial charge in [0, 0.05) is 5.92 Å². The fourth-order valence-corrected chi connectivity index (χ4v) is 1.52. The van der Waals surface area contributed by atoms with Crippen LogP contribution in [0.2, 0.25) is 0 Å². The van der Waals surface area contributed by atoms with Gasteiger partial charge in [0.2, 0.25) is 0 Å². The summed E-state index contributed by atoms with van der Waals surface area (Å²) in [5.74, 6) is 0.982. The van der Waals surface area contributed by atoms with Crippen molar-refractivity contribution < 1.29 is 9.47 Å². The first-order chi connectivity index (χ1) is 6.11. The van der Waals surface area contributed by atoms with Gasteiger partial charge in [0.05, 0.1) is 13.2 Å². The van der Waals surface area contributed by atoms with E-state index >= 15 is 0 Å². The average molecular weight is 186 g/mol. The van der Waals surface area contributed by atoms with Gasteiger partial charge in [-0.05, 0) is 19.3 Å². The third-order valence-corrected chi connectivity index (χ3v) is 3.30. The topological polar surface area (TPSA) is 18.5 Å². The minimum absolute atomic E-state index is 0.316. The van der Waals surface area contributed by atoms with Gasteiger partial charge >= 0.3 is 0 Å². The van der Waals surface area contributed by atoms with E-state index in [1.165, 1.54) is 6.42 Å². The molecule has 2 heteroatoms. The molecule has 0 unspecified atom stereocenters. The lowest BCUT2D eigenvalue weighted by molar-refractivity contribution is -0.278. The first-order valence-electron chi connectivity index (χ1n) is 5.39. The van der Waals surface area contributed by atoms with Crippen molar-refractivity contribution in [1.82, 2.24) is 0 Å². The Morgan fingerprint density at radius 2 is 1.85 bits per heavy atom. The van der Waals surface area contributed by atoms with Gasteiger partial charge < -0.3 is 9.47 Å². The fraction of sp³-hybridized carbons (Fsp3) is 1.00. The Balaban J connectivity index is 2.38. The zero-order valence-corrected chi connectivity index (χ0v) is 9.30. The Kier molecular flexibility index (Phi) is 3.74. The molecule has 78 valence electrons. The first kappa shape index (κ1) is 11.0. The molecule has 0 aromatic heterocycles. The maximum absolute atomic E-state index is 5.73. The molecule has 1 heterocycles. The molecule has 0 aromatic carbocycles. The summed E-state index contributed by atoms with van der Waals surface area (Å²) >= 11 is 0. The van der Waals surface area contributed by atoms with Crippen molar-refractivity contribution in [3.8, 4) is 0 Å². The minimum Gasteiger partial charge on any atom is -0.350 e. The molecule has 1 fully saturated rings. The van der Waals surface area contributed by atoms with E-state index in [0.29, 0.717) is 11.8 Å². The van der Waals surface area contributed by atoms with Gasteiger partial charge in [0.1, 0.15) is 0 Å². The molecule has 0 aromatic rings. The Hall–Kier alpha value is -0.0800.